The second-order valence-electron chi connectivity index (χ2n) is 6.75. The molecule has 0 bridgehead atoms. The first kappa shape index (κ1) is 19.5. The summed E-state index contributed by atoms with van der Waals surface area (Å²) in [5, 5.41) is 4.27. The van der Waals surface area contributed by atoms with E-state index in [1.165, 1.54) is 33.8 Å². The molecule has 0 spiro atoms. The van der Waals surface area contributed by atoms with Gasteiger partial charge < -0.3 is 4.74 Å². The molecule has 0 aliphatic heterocycles. The molecule has 0 saturated carbocycles. The summed E-state index contributed by atoms with van der Waals surface area (Å²) < 4.78 is 6.87. The first-order chi connectivity index (χ1) is 14.0. The Kier molecular flexibility index (Phi) is 5.60. The maximum atomic E-state index is 12.7. The predicted molar refractivity (Wildman–Crippen MR) is 119 cm³/mol. The van der Waals surface area contributed by atoms with E-state index in [9.17, 15) is 4.79 Å². The average Bonchev–Trinajstić information content (AvgIpc) is 3.28. The van der Waals surface area contributed by atoms with Crippen molar-refractivity contribution in [1.82, 2.24) is 9.97 Å². The van der Waals surface area contributed by atoms with Crippen molar-refractivity contribution in [2.75, 3.05) is 5.32 Å². The van der Waals surface area contributed by atoms with Crippen molar-refractivity contribution < 1.29 is 9.53 Å². The minimum absolute atomic E-state index is 0.186. The van der Waals surface area contributed by atoms with Crippen LogP contribution in [0.15, 0.2) is 42.5 Å². The molecular formula is C22H21N3O2S2. The van der Waals surface area contributed by atoms with Crippen molar-refractivity contribution in [3.8, 4) is 5.75 Å². The second-order valence-corrected chi connectivity index (χ2v) is 8.87. The summed E-state index contributed by atoms with van der Waals surface area (Å²) in [5.41, 5.74) is 4.03. The highest BCUT2D eigenvalue weighted by Gasteiger charge is 2.17. The van der Waals surface area contributed by atoms with E-state index in [0.717, 1.165) is 27.4 Å². The highest BCUT2D eigenvalue weighted by molar-refractivity contribution is 7.22. The first-order valence-electron chi connectivity index (χ1n) is 9.38. The van der Waals surface area contributed by atoms with Crippen molar-refractivity contribution in [2.24, 2.45) is 0 Å². The van der Waals surface area contributed by atoms with Crippen LogP contribution in [0, 0.1) is 13.8 Å². The van der Waals surface area contributed by atoms with Crippen molar-refractivity contribution in [1.29, 1.82) is 0 Å². The molecule has 2 aromatic heterocycles. The summed E-state index contributed by atoms with van der Waals surface area (Å²) in [5.74, 6) is 0.611. The third-order valence-electron chi connectivity index (χ3n) is 4.51. The Labute approximate surface area is 177 Å². The lowest BCUT2D eigenvalue weighted by molar-refractivity contribution is 0.103. The Morgan fingerprint density at radius 3 is 2.62 bits per heavy atom. The fourth-order valence-corrected chi connectivity index (χ4v) is 4.76. The number of hydrogen-bond donors (Lipinski definition) is 1. The van der Waals surface area contributed by atoms with E-state index in [1.54, 1.807) is 0 Å². The molecule has 148 valence electrons. The van der Waals surface area contributed by atoms with E-state index in [1.807, 2.05) is 38.1 Å². The van der Waals surface area contributed by atoms with Crippen LogP contribution in [0.25, 0.3) is 10.2 Å². The highest BCUT2D eigenvalue weighted by atomic mass is 32.1. The van der Waals surface area contributed by atoms with Gasteiger partial charge in [0.25, 0.3) is 5.91 Å². The standard InChI is InChI=1S/C22H21N3O2S2/c1-4-15-6-8-16(9-7-15)27-12-19-23-14(3)20(29-19)21(26)25-22-24-17-10-5-13(2)11-18(17)28-22/h5-11H,4,12H2,1-3H3,(H,24,25,26). The van der Waals surface area contributed by atoms with Gasteiger partial charge >= 0.3 is 0 Å². The van der Waals surface area contributed by atoms with Gasteiger partial charge in [-0.3, -0.25) is 10.1 Å². The molecule has 5 nitrogen and oxygen atoms in total. The topological polar surface area (TPSA) is 64.1 Å². The smallest absolute Gasteiger partial charge is 0.269 e. The number of nitrogens with zero attached hydrogens (tertiary/aromatic N) is 2. The first-order valence-corrected chi connectivity index (χ1v) is 11.0. The Bertz CT molecular complexity index is 1160. The number of rotatable bonds is 6. The fraction of sp³-hybridized carbons (Fsp3) is 0.227. The number of nitrogens with one attached hydrogen (secondary N) is 1. The number of anilines is 1. The number of carbonyl (C=O) groups is 1. The number of ether oxygens (including phenoxy) is 1. The predicted octanol–water partition coefficient (Wildman–Crippen LogP) is 5.76. The number of fused-ring (bicyclic) bond motifs is 1. The number of benzene rings is 2. The molecule has 0 fully saturated rings. The molecule has 2 aromatic carbocycles. The molecule has 29 heavy (non-hydrogen) atoms. The number of hydrogen-bond acceptors (Lipinski definition) is 6. The van der Waals surface area contributed by atoms with Crippen LogP contribution in [-0.4, -0.2) is 15.9 Å². The lowest BCUT2D eigenvalue weighted by atomic mass is 10.2. The Balaban J connectivity index is 1.43. The SMILES string of the molecule is CCc1ccc(OCc2nc(C)c(C(=O)Nc3nc4ccc(C)cc4s3)s2)cc1. The maximum absolute atomic E-state index is 12.7. The molecule has 0 aliphatic carbocycles. The molecule has 1 amide bonds. The van der Waals surface area contributed by atoms with Crippen LogP contribution in [0.4, 0.5) is 5.13 Å². The van der Waals surface area contributed by atoms with Crippen LogP contribution in [0.3, 0.4) is 0 Å². The average molecular weight is 424 g/mol. The highest BCUT2D eigenvalue weighted by Crippen LogP contribution is 2.28. The molecule has 4 rings (SSSR count). The Morgan fingerprint density at radius 1 is 1.07 bits per heavy atom. The van der Waals surface area contributed by atoms with E-state index >= 15 is 0 Å². The molecule has 0 unspecified atom stereocenters. The van der Waals surface area contributed by atoms with Crippen LogP contribution in [0.5, 0.6) is 5.75 Å². The van der Waals surface area contributed by atoms with Gasteiger partial charge in [-0.05, 0) is 55.7 Å². The van der Waals surface area contributed by atoms with Gasteiger partial charge in [0.1, 0.15) is 22.2 Å². The summed E-state index contributed by atoms with van der Waals surface area (Å²) in [7, 11) is 0. The number of aromatic nitrogens is 2. The van der Waals surface area contributed by atoms with Crippen molar-refractivity contribution in [2.45, 2.75) is 33.8 Å². The number of thiazole rings is 2. The zero-order valence-electron chi connectivity index (χ0n) is 16.5. The van der Waals surface area contributed by atoms with Gasteiger partial charge in [-0.25, -0.2) is 9.97 Å². The van der Waals surface area contributed by atoms with Gasteiger partial charge in [-0.2, -0.15) is 0 Å². The number of amides is 1. The second kappa shape index (κ2) is 8.31. The Hall–Kier alpha value is -2.77. The van der Waals surface area contributed by atoms with Crippen LogP contribution < -0.4 is 10.1 Å². The largest absolute Gasteiger partial charge is 0.486 e. The van der Waals surface area contributed by atoms with Crippen LogP contribution in [-0.2, 0) is 13.0 Å². The lowest BCUT2D eigenvalue weighted by Crippen LogP contribution is -2.11. The normalized spacial score (nSPS) is 11.0. The zero-order chi connectivity index (χ0) is 20.4. The Morgan fingerprint density at radius 2 is 1.86 bits per heavy atom. The van der Waals surface area contributed by atoms with Gasteiger partial charge in [0.15, 0.2) is 5.13 Å². The number of carbonyl (C=O) groups excluding carboxylic acids is 1. The molecular weight excluding hydrogens is 402 g/mol. The summed E-state index contributed by atoms with van der Waals surface area (Å²) in [6.07, 6.45) is 0.999. The third-order valence-corrected chi connectivity index (χ3v) is 6.57. The zero-order valence-corrected chi connectivity index (χ0v) is 18.1. The van der Waals surface area contributed by atoms with E-state index in [-0.39, 0.29) is 5.91 Å². The molecule has 2 heterocycles. The molecule has 7 heteroatoms. The molecule has 0 radical (unpaired) electrons. The third kappa shape index (κ3) is 4.46. The van der Waals surface area contributed by atoms with Crippen LogP contribution in [0.1, 0.15) is 38.4 Å². The van der Waals surface area contributed by atoms with Crippen LogP contribution in [0.2, 0.25) is 0 Å². The summed E-state index contributed by atoms with van der Waals surface area (Å²) in [6, 6.07) is 14.1. The minimum atomic E-state index is -0.186. The van der Waals surface area contributed by atoms with Gasteiger partial charge in [0.05, 0.1) is 15.9 Å². The van der Waals surface area contributed by atoms with Gasteiger partial charge in [0.2, 0.25) is 0 Å². The molecule has 1 N–H and O–H groups in total. The summed E-state index contributed by atoms with van der Waals surface area (Å²) >= 11 is 2.83. The van der Waals surface area contributed by atoms with E-state index in [0.29, 0.717) is 22.3 Å². The monoisotopic (exact) mass is 423 g/mol. The van der Waals surface area contributed by atoms with E-state index < -0.39 is 0 Å². The molecule has 4 aromatic rings. The molecule has 0 aliphatic rings. The lowest BCUT2D eigenvalue weighted by Gasteiger charge is -2.04. The van der Waals surface area contributed by atoms with Gasteiger partial charge in [0, 0.05) is 0 Å². The van der Waals surface area contributed by atoms with E-state index in [4.69, 9.17) is 4.74 Å². The van der Waals surface area contributed by atoms with Crippen molar-refractivity contribution >= 4 is 43.9 Å². The minimum Gasteiger partial charge on any atom is -0.486 e. The summed E-state index contributed by atoms with van der Waals surface area (Å²) in [4.78, 5) is 22.3. The number of aryl methyl sites for hydroxylation is 3. The van der Waals surface area contributed by atoms with Crippen molar-refractivity contribution in [3.05, 3.63) is 69.2 Å². The van der Waals surface area contributed by atoms with E-state index in [2.05, 4.69) is 40.4 Å². The molecule has 0 atom stereocenters. The maximum Gasteiger partial charge on any atom is 0.269 e. The van der Waals surface area contributed by atoms with Crippen LogP contribution >= 0.6 is 22.7 Å². The quantitative estimate of drug-likeness (QED) is 0.428. The molecule has 0 saturated heterocycles. The summed E-state index contributed by atoms with van der Waals surface area (Å²) in [6.45, 7) is 6.34. The fourth-order valence-electron chi connectivity index (χ4n) is 2.93. The van der Waals surface area contributed by atoms with Crippen molar-refractivity contribution in [3.63, 3.8) is 0 Å². The van der Waals surface area contributed by atoms with Gasteiger partial charge in [-0.15, -0.1) is 11.3 Å². The van der Waals surface area contributed by atoms with Gasteiger partial charge in [-0.1, -0.05) is 36.5 Å².